The van der Waals surface area contributed by atoms with Gasteiger partial charge in [-0.2, -0.15) is 0 Å². The molecule has 2 heterocycles. The second kappa shape index (κ2) is 40.4. The van der Waals surface area contributed by atoms with Crippen molar-refractivity contribution in [2.75, 3.05) is 65.0 Å². The highest BCUT2D eigenvalue weighted by Gasteiger charge is 2.11. The van der Waals surface area contributed by atoms with Crippen molar-refractivity contribution in [3.05, 3.63) is 96.3 Å². The van der Waals surface area contributed by atoms with Crippen molar-refractivity contribution in [3.8, 4) is 0 Å². The Balaban J connectivity index is 0. The molecular weight excluding hydrogens is 755 g/mol. The molecule has 1 aromatic heterocycles. The van der Waals surface area contributed by atoms with E-state index < -0.39 is 0 Å². The number of anilines is 2. The van der Waals surface area contributed by atoms with Gasteiger partial charge in [-0.15, -0.1) is 6.58 Å². The van der Waals surface area contributed by atoms with E-state index in [9.17, 15) is 19.2 Å². The largest absolute Gasteiger partial charge is 0.384 e. The second-order valence-corrected chi connectivity index (χ2v) is 13.7. The zero-order valence-electron chi connectivity index (χ0n) is 37.2. The summed E-state index contributed by atoms with van der Waals surface area (Å²) in [6, 6.07) is 8.95. The number of unbranched alkanes of at least 4 members (excludes halogenated alkanes) is 1. The molecule has 13 heteroatoms. The van der Waals surface area contributed by atoms with Crippen LogP contribution in [0, 0.1) is 16.7 Å². The van der Waals surface area contributed by atoms with Crippen LogP contribution >= 0.6 is 0 Å². The van der Waals surface area contributed by atoms with E-state index in [0.29, 0.717) is 30.6 Å². The van der Waals surface area contributed by atoms with Crippen molar-refractivity contribution in [1.82, 2.24) is 25.8 Å². The number of benzene rings is 1. The lowest BCUT2D eigenvalue weighted by molar-refractivity contribution is -0.120. The molecule has 1 aromatic carbocycles. The molecule has 2 unspecified atom stereocenters. The minimum atomic E-state index is -0.202. The smallest absolute Gasteiger partial charge is 0.256 e. The summed E-state index contributed by atoms with van der Waals surface area (Å²) in [5, 5.41) is 27.4. The summed E-state index contributed by atoms with van der Waals surface area (Å²) >= 11 is 0. The van der Waals surface area contributed by atoms with Gasteiger partial charge in [0.1, 0.15) is 18.4 Å². The lowest BCUT2D eigenvalue weighted by Gasteiger charge is -2.18. The third kappa shape index (κ3) is 29.8. The van der Waals surface area contributed by atoms with Crippen LogP contribution in [0.15, 0.2) is 79.6 Å². The van der Waals surface area contributed by atoms with Crippen LogP contribution in [0.4, 0.5) is 11.5 Å². The van der Waals surface area contributed by atoms with E-state index in [1.807, 2.05) is 38.2 Å². The van der Waals surface area contributed by atoms with E-state index in [2.05, 4.69) is 82.0 Å². The number of aldehydes is 2. The number of rotatable bonds is 20. The Morgan fingerprint density at radius 3 is 2.35 bits per heavy atom. The predicted molar refractivity (Wildman–Crippen MR) is 254 cm³/mol. The zero-order chi connectivity index (χ0) is 45.2. The van der Waals surface area contributed by atoms with Crippen molar-refractivity contribution in [2.24, 2.45) is 5.92 Å². The fraction of sp³-hybridized carbons (Fsp3) is 0.468. The van der Waals surface area contributed by atoms with Crippen LogP contribution < -0.4 is 26.6 Å². The Bertz CT molecular complexity index is 1540. The standard InChI is InChI=1S/C21H25N5O.C15H27NO.C7H14N2O2.C3H6.CH3N/c1-26-12-2-4-18-15-24-20(14-19(18)23-11-3-13-26)25-21(27)17-7-5-16(6-8-17)9-10-22;1-3-4-10-15(12-13-16-2)11-8-6-5-7-9-14-17;1-8-6(5-10)3-4-7(11)9-2;1-3-2;1-2/h2,4-8,10,14-15,22-23H,3,9,11-13H2,1H3,(H,24,25,27);5-7,9,14-16H,3-4,8,10-13H2,1-2H3;5-6,8H,3-4H2,1-2H3,(H,9,11);3H,1H2,2H3;2H,1H2/b4-2+,22-10?;6-5-,9-7+;;;. The van der Waals surface area contributed by atoms with Crippen LogP contribution in [0.5, 0.6) is 0 Å². The van der Waals surface area contributed by atoms with Crippen LogP contribution in [0.1, 0.15) is 93.1 Å². The van der Waals surface area contributed by atoms with Crippen molar-refractivity contribution in [1.29, 1.82) is 10.8 Å². The van der Waals surface area contributed by atoms with E-state index >= 15 is 0 Å². The highest BCUT2D eigenvalue weighted by Crippen LogP contribution is 2.22. The van der Waals surface area contributed by atoms with Crippen LogP contribution in [-0.2, 0) is 20.8 Å². The first kappa shape index (κ1) is 56.7. The predicted octanol–water partition coefficient (Wildman–Crippen LogP) is 7.54. The molecule has 332 valence electrons. The molecule has 2 atom stereocenters. The topological polar surface area (TPSA) is 192 Å². The number of carbonyl (C=O) groups is 4. The summed E-state index contributed by atoms with van der Waals surface area (Å²) in [7, 11) is 7.41. The molecule has 0 radical (unpaired) electrons. The summed E-state index contributed by atoms with van der Waals surface area (Å²) in [5.74, 6) is 1.13. The zero-order valence-corrected chi connectivity index (χ0v) is 37.2. The lowest BCUT2D eigenvalue weighted by Crippen LogP contribution is -2.29. The number of nitrogens with one attached hydrogen (secondary N) is 7. The van der Waals surface area contributed by atoms with Gasteiger partial charge < -0.3 is 47.1 Å². The van der Waals surface area contributed by atoms with E-state index in [-0.39, 0.29) is 17.9 Å². The summed E-state index contributed by atoms with van der Waals surface area (Å²) in [5.41, 5.74) is 3.57. The molecule has 2 aromatic rings. The number of nitrogens with zero attached hydrogens (tertiary/aromatic N) is 2. The third-order valence-electron chi connectivity index (χ3n) is 8.92. The van der Waals surface area contributed by atoms with E-state index in [1.54, 1.807) is 44.6 Å². The number of likely N-dealkylation sites (N-methyl/N-ethyl adjacent to an activating group) is 2. The van der Waals surface area contributed by atoms with Crippen LogP contribution in [0.2, 0.25) is 0 Å². The van der Waals surface area contributed by atoms with Crippen LogP contribution in [0.3, 0.4) is 0 Å². The molecule has 0 spiro atoms. The van der Waals surface area contributed by atoms with Crippen LogP contribution in [-0.4, -0.2) is 108 Å². The quantitative estimate of drug-likeness (QED) is 0.0232. The molecule has 1 aliphatic rings. The molecule has 7 N–H and O–H groups in total. The normalized spacial score (nSPS) is 13.5. The average molecular weight is 830 g/mol. The maximum absolute atomic E-state index is 12.5. The molecular formula is C47H75N9O4. The van der Waals surface area contributed by atoms with Gasteiger partial charge in [-0.25, -0.2) is 4.98 Å². The summed E-state index contributed by atoms with van der Waals surface area (Å²) in [6.45, 7) is 13.9. The van der Waals surface area contributed by atoms with Gasteiger partial charge in [0.05, 0.1) is 6.04 Å². The van der Waals surface area contributed by atoms with Gasteiger partial charge in [0, 0.05) is 62.1 Å². The molecule has 0 bridgehead atoms. The number of aromatic nitrogens is 1. The van der Waals surface area contributed by atoms with Crippen LogP contribution in [0.25, 0.3) is 6.08 Å². The highest BCUT2D eigenvalue weighted by atomic mass is 16.2. The minimum Gasteiger partial charge on any atom is -0.384 e. The average Bonchev–Trinajstić information content (AvgIpc) is 3.27. The number of fused-ring (bicyclic) bond motifs is 1. The van der Waals surface area contributed by atoms with Gasteiger partial charge in [-0.05, 0) is 116 Å². The fourth-order valence-electron chi connectivity index (χ4n) is 5.52. The molecule has 0 saturated heterocycles. The van der Waals surface area contributed by atoms with Crippen molar-refractivity contribution >= 4 is 54.9 Å². The number of allylic oxidation sites excluding steroid dienone is 5. The van der Waals surface area contributed by atoms with Crippen molar-refractivity contribution in [2.45, 2.75) is 84.1 Å². The SMILES string of the molecule is C=CC.C=N.CCCCC(CC/C=C\C=C\C=O)CCNC.CN1C/C=C/c2cnc(NC(=O)c3ccc(CC=N)cc3)cc2NCCC1.CNC(=O)CCC(C=O)NC. The molecule has 0 saturated carbocycles. The minimum absolute atomic E-state index is 0.0351. The number of hydrogen-bond acceptors (Lipinski definition) is 11. The van der Waals surface area contributed by atoms with Crippen molar-refractivity contribution < 1.29 is 19.2 Å². The van der Waals surface area contributed by atoms with Gasteiger partial charge >= 0.3 is 0 Å². The van der Waals surface area contributed by atoms with Gasteiger partial charge in [0.2, 0.25) is 5.91 Å². The Labute approximate surface area is 361 Å². The molecule has 0 aliphatic carbocycles. The van der Waals surface area contributed by atoms with E-state index in [0.717, 1.165) is 74.3 Å². The number of hydrogen-bond donors (Lipinski definition) is 7. The Hall–Kier alpha value is -5.37. The maximum Gasteiger partial charge on any atom is 0.256 e. The number of carbonyl (C=O) groups excluding carboxylic acids is 4. The first-order valence-corrected chi connectivity index (χ1v) is 20.8. The van der Waals surface area contributed by atoms with Gasteiger partial charge in [0.25, 0.3) is 5.91 Å². The summed E-state index contributed by atoms with van der Waals surface area (Å²) < 4.78 is 0. The van der Waals surface area contributed by atoms with E-state index in [4.69, 9.17) is 10.8 Å². The van der Waals surface area contributed by atoms with E-state index in [1.165, 1.54) is 44.4 Å². The third-order valence-corrected chi connectivity index (χ3v) is 8.92. The lowest BCUT2D eigenvalue weighted by atomic mass is 9.93. The number of amides is 2. The molecule has 2 amide bonds. The van der Waals surface area contributed by atoms with Gasteiger partial charge in [-0.1, -0.05) is 74.8 Å². The number of pyridine rings is 1. The Kier molecular flexibility index (Phi) is 38.2. The molecule has 0 fully saturated rings. The molecule has 60 heavy (non-hydrogen) atoms. The fourth-order valence-corrected chi connectivity index (χ4v) is 5.52. The maximum atomic E-state index is 12.5. The monoisotopic (exact) mass is 830 g/mol. The Morgan fingerprint density at radius 2 is 1.75 bits per heavy atom. The van der Waals surface area contributed by atoms with Gasteiger partial charge in [0.15, 0.2) is 0 Å². The molecule has 13 nitrogen and oxygen atoms in total. The second-order valence-electron chi connectivity index (χ2n) is 13.7. The first-order chi connectivity index (χ1) is 29.2. The molecule has 3 rings (SSSR count). The highest BCUT2D eigenvalue weighted by molar-refractivity contribution is 6.04. The molecule has 1 aliphatic heterocycles. The van der Waals surface area contributed by atoms with Gasteiger partial charge in [-0.3, -0.25) is 14.4 Å². The summed E-state index contributed by atoms with van der Waals surface area (Å²) in [6.07, 6.45) is 28.3. The Morgan fingerprint density at radius 1 is 1.03 bits per heavy atom. The summed E-state index contributed by atoms with van der Waals surface area (Å²) in [4.78, 5) is 50.1. The first-order valence-electron chi connectivity index (χ1n) is 20.8. The van der Waals surface area contributed by atoms with Crippen molar-refractivity contribution in [3.63, 3.8) is 0 Å².